The van der Waals surface area contributed by atoms with Gasteiger partial charge in [-0.2, -0.15) is 0 Å². The number of carbonyl (C=O) groups is 1. The highest BCUT2D eigenvalue weighted by Crippen LogP contribution is 2.28. The first-order valence-corrected chi connectivity index (χ1v) is 8.78. The van der Waals surface area contributed by atoms with Gasteiger partial charge in [0.15, 0.2) is 0 Å². The molecule has 4 rings (SSSR count). The third kappa shape index (κ3) is 3.14. The zero-order valence-electron chi connectivity index (χ0n) is 14.6. The van der Waals surface area contributed by atoms with Crippen molar-refractivity contribution < 1.29 is 4.79 Å². The minimum absolute atomic E-state index is 0.0853. The average molecular weight is 334 g/mol. The van der Waals surface area contributed by atoms with Crippen LogP contribution in [0.5, 0.6) is 0 Å². The first-order chi connectivity index (χ1) is 12.1. The molecule has 1 aromatic carbocycles. The molecule has 0 aliphatic carbocycles. The smallest absolute Gasteiger partial charge is 0.253 e. The van der Waals surface area contributed by atoms with Crippen LogP contribution in [0.25, 0.3) is 11.0 Å². The normalized spacial score (nSPS) is 17.8. The molecule has 3 heterocycles. The number of piperidine rings is 1. The standard InChI is InChI=1S/C20H22N4O/c1-13-5-6-17-18(10-13)23-19(22-17)16-4-3-9-24(12-16)20(25)15-7-8-21-14(2)11-15/h5-8,10-11,16H,3-4,9,12H2,1-2H3,(H,22,23). The summed E-state index contributed by atoms with van der Waals surface area (Å²) in [7, 11) is 0. The van der Waals surface area contributed by atoms with Gasteiger partial charge in [0.1, 0.15) is 5.82 Å². The van der Waals surface area contributed by atoms with Crippen molar-refractivity contribution in [1.82, 2.24) is 19.9 Å². The van der Waals surface area contributed by atoms with Gasteiger partial charge in [-0.1, -0.05) is 6.07 Å². The minimum Gasteiger partial charge on any atom is -0.342 e. The zero-order chi connectivity index (χ0) is 17.4. The molecule has 5 nitrogen and oxygen atoms in total. The third-order valence-electron chi connectivity index (χ3n) is 4.89. The first kappa shape index (κ1) is 15.8. The molecule has 1 aliphatic rings. The Morgan fingerprint density at radius 3 is 2.96 bits per heavy atom. The number of rotatable bonds is 2. The molecular weight excluding hydrogens is 312 g/mol. The fourth-order valence-corrected chi connectivity index (χ4v) is 3.58. The van der Waals surface area contributed by atoms with Crippen molar-refractivity contribution in [2.75, 3.05) is 13.1 Å². The summed E-state index contributed by atoms with van der Waals surface area (Å²) in [5, 5.41) is 0. The molecule has 25 heavy (non-hydrogen) atoms. The van der Waals surface area contributed by atoms with E-state index >= 15 is 0 Å². The van der Waals surface area contributed by atoms with Gasteiger partial charge in [0.25, 0.3) is 5.91 Å². The molecule has 0 bridgehead atoms. The van der Waals surface area contributed by atoms with Gasteiger partial charge in [-0.15, -0.1) is 0 Å². The first-order valence-electron chi connectivity index (χ1n) is 8.78. The summed E-state index contributed by atoms with van der Waals surface area (Å²) < 4.78 is 0. The number of aryl methyl sites for hydroxylation is 2. The van der Waals surface area contributed by atoms with Crippen molar-refractivity contribution in [3.05, 3.63) is 59.2 Å². The minimum atomic E-state index is 0.0853. The molecule has 0 radical (unpaired) electrons. The van der Waals surface area contributed by atoms with Crippen molar-refractivity contribution in [2.24, 2.45) is 0 Å². The van der Waals surface area contributed by atoms with Crippen LogP contribution in [0.4, 0.5) is 0 Å². The van der Waals surface area contributed by atoms with E-state index in [-0.39, 0.29) is 11.8 Å². The number of nitrogens with one attached hydrogen (secondary N) is 1. The highest BCUT2D eigenvalue weighted by molar-refractivity contribution is 5.94. The van der Waals surface area contributed by atoms with Crippen molar-refractivity contribution in [3.8, 4) is 0 Å². The summed E-state index contributed by atoms with van der Waals surface area (Å²) in [6, 6.07) is 9.90. The van der Waals surface area contributed by atoms with E-state index in [4.69, 9.17) is 4.98 Å². The molecule has 1 fully saturated rings. The van der Waals surface area contributed by atoms with E-state index in [0.717, 1.165) is 41.9 Å². The molecule has 128 valence electrons. The lowest BCUT2D eigenvalue weighted by atomic mass is 9.96. The summed E-state index contributed by atoms with van der Waals surface area (Å²) in [5.74, 6) is 1.33. The Labute approximate surface area is 147 Å². The Hall–Kier alpha value is -2.69. The molecule has 1 aliphatic heterocycles. The number of amides is 1. The van der Waals surface area contributed by atoms with E-state index in [1.165, 1.54) is 5.56 Å². The lowest BCUT2D eigenvalue weighted by Gasteiger charge is -2.32. The zero-order valence-corrected chi connectivity index (χ0v) is 14.6. The average Bonchev–Trinajstić information content (AvgIpc) is 3.04. The number of hydrogen-bond donors (Lipinski definition) is 1. The highest BCUT2D eigenvalue weighted by Gasteiger charge is 2.27. The summed E-state index contributed by atoms with van der Waals surface area (Å²) in [6.07, 6.45) is 3.75. The Balaban J connectivity index is 1.56. The van der Waals surface area contributed by atoms with Gasteiger partial charge in [-0.25, -0.2) is 4.98 Å². The fourth-order valence-electron chi connectivity index (χ4n) is 3.58. The van der Waals surface area contributed by atoms with Gasteiger partial charge in [-0.3, -0.25) is 9.78 Å². The van der Waals surface area contributed by atoms with Crippen LogP contribution in [-0.2, 0) is 0 Å². The highest BCUT2D eigenvalue weighted by atomic mass is 16.2. The van der Waals surface area contributed by atoms with Gasteiger partial charge in [0.05, 0.1) is 11.0 Å². The summed E-state index contributed by atoms with van der Waals surface area (Å²) in [5.41, 5.74) is 4.87. The number of H-pyrrole nitrogens is 1. The Morgan fingerprint density at radius 1 is 1.24 bits per heavy atom. The van der Waals surface area contributed by atoms with E-state index in [0.29, 0.717) is 12.1 Å². The Bertz CT molecular complexity index is 930. The number of aromatic nitrogens is 3. The van der Waals surface area contributed by atoms with Crippen LogP contribution < -0.4 is 0 Å². The quantitative estimate of drug-likeness (QED) is 0.779. The number of imidazole rings is 1. The van der Waals surface area contributed by atoms with E-state index < -0.39 is 0 Å². The molecular formula is C20H22N4O. The SMILES string of the molecule is Cc1ccc2nc(C3CCCN(C(=O)c4ccnc(C)c4)C3)[nH]c2c1. The molecule has 5 heteroatoms. The number of nitrogens with zero attached hydrogens (tertiary/aromatic N) is 3. The van der Waals surface area contributed by atoms with Crippen LogP contribution in [0, 0.1) is 13.8 Å². The van der Waals surface area contributed by atoms with Crippen LogP contribution in [0.3, 0.4) is 0 Å². The molecule has 1 amide bonds. The summed E-state index contributed by atoms with van der Waals surface area (Å²) in [6.45, 7) is 5.50. The molecule has 0 spiro atoms. The van der Waals surface area contributed by atoms with Gasteiger partial charge >= 0.3 is 0 Å². The Kier molecular flexibility index (Phi) is 3.99. The van der Waals surface area contributed by atoms with Crippen LogP contribution in [-0.4, -0.2) is 38.8 Å². The van der Waals surface area contributed by atoms with E-state index in [1.54, 1.807) is 12.3 Å². The van der Waals surface area contributed by atoms with Crippen LogP contribution in [0.2, 0.25) is 0 Å². The second-order valence-corrected chi connectivity index (χ2v) is 6.92. The maximum absolute atomic E-state index is 12.8. The van der Waals surface area contributed by atoms with E-state index in [9.17, 15) is 4.79 Å². The number of benzene rings is 1. The number of pyridine rings is 1. The molecule has 3 aromatic rings. The topological polar surface area (TPSA) is 61.9 Å². The van der Waals surface area contributed by atoms with Gasteiger partial charge in [0, 0.05) is 36.5 Å². The number of likely N-dealkylation sites (tertiary alicyclic amines) is 1. The van der Waals surface area contributed by atoms with Crippen molar-refractivity contribution >= 4 is 16.9 Å². The predicted molar refractivity (Wildman–Crippen MR) is 97.7 cm³/mol. The fraction of sp³-hybridized carbons (Fsp3) is 0.350. The van der Waals surface area contributed by atoms with Crippen molar-refractivity contribution in [2.45, 2.75) is 32.6 Å². The van der Waals surface area contributed by atoms with E-state index in [2.05, 4.69) is 35.1 Å². The molecule has 1 N–H and O–H groups in total. The number of carbonyl (C=O) groups excluding carboxylic acids is 1. The monoisotopic (exact) mass is 334 g/mol. The lowest BCUT2D eigenvalue weighted by molar-refractivity contribution is 0.0704. The Morgan fingerprint density at radius 2 is 2.12 bits per heavy atom. The predicted octanol–water partition coefficient (Wildman–Crippen LogP) is 3.59. The maximum atomic E-state index is 12.8. The van der Waals surface area contributed by atoms with Gasteiger partial charge in [0.2, 0.25) is 0 Å². The molecule has 2 aromatic heterocycles. The largest absolute Gasteiger partial charge is 0.342 e. The van der Waals surface area contributed by atoms with Crippen molar-refractivity contribution in [1.29, 1.82) is 0 Å². The number of aromatic amines is 1. The van der Waals surface area contributed by atoms with Crippen LogP contribution >= 0.6 is 0 Å². The molecule has 0 saturated carbocycles. The summed E-state index contributed by atoms with van der Waals surface area (Å²) >= 11 is 0. The summed E-state index contributed by atoms with van der Waals surface area (Å²) in [4.78, 5) is 27.1. The molecule has 1 unspecified atom stereocenters. The maximum Gasteiger partial charge on any atom is 0.253 e. The number of hydrogen-bond acceptors (Lipinski definition) is 3. The molecule has 1 saturated heterocycles. The molecule has 1 atom stereocenters. The third-order valence-corrected chi connectivity index (χ3v) is 4.89. The van der Waals surface area contributed by atoms with Gasteiger partial charge < -0.3 is 9.88 Å². The van der Waals surface area contributed by atoms with E-state index in [1.807, 2.05) is 17.9 Å². The van der Waals surface area contributed by atoms with Gasteiger partial charge in [-0.05, 0) is 56.5 Å². The lowest BCUT2D eigenvalue weighted by Crippen LogP contribution is -2.39. The second kappa shape index (κ2) is 6.31. The second-order valence-electron chi connectivity index (χ2n) is 6.92. The number of fused-ring (bicyclic) bond motifs is 1. The van der Waals surface area contributed by atoms with Crippen LogP contribution in [0.1, 0.15) is 46.2 Å². The van der Waals surface area contributed by atoms with Crippen molar-refractivity contribution in [3.63, 3.8) is 0 Å². The van der Waals surface area contributed by atoms with Crippen LogP contribution in [0.15, 0.2) is 36.5 Å².